The van der Waals surface area contributed by atoms with Gasteiger partial charge in [0.1, 0.15) is 0 Å². The molecule has 0 spiro atoms. The van der Waals surface area contributed by atoms with E-state index in [1.54, 1.807) is 19.1 Å². The quantitative estimate of drug-likeness (QED) is 0.684. The fraction of sp³-hybridized carbons (Fsp3) is 0.588. The highest BCUT2D eigenvalue weighted by molar-refractivity contribution is 5.92. The van der Waals surface area contributed by atoms with E-state index in [-0.39, 0.29) is 5.97 Å². The molecule has 0 unspecified atom stereocenters. The first-order valence-electron chi connectivity index (χ1n) is 7.74. The van der Waals surface area contributed by atoms with Gasteiger partial charge in [-0.15, -0.1) is 0 Å². The van der Waals surface area contributed by atoms with E-state index in [2.05, 4.69) is 18.7 Å². The highest BCUT2D eigenvalue weighted by atomic mass is 16.5. The van der Waals surface area contributed by atoms with Crippen LogP contribution < -0.4 is 10.6 Å². The smallest absolute Gasteiger partial charge is 0.338 e. The molecular formula is C17H26N2O2. The maximum atomic E-state index is 11.7. The van der Waals surface area contributed by atoms with Crippen molar-refractivity contribution in [3.63, 3.8) is 0 Å². The molecular weight excluding hydrogens is 264 g/mol. The largest absolute Gasteiger partial charge is 0.462 e. The first-order chi connectivity index (χ1) is 9.93. The monoisotopic (exact) mass is 290 g/mol. The van der Waals surface area contributed by atoms with E-state index >= 15 is 0 Å². The van der Waals surface area contributed by atoms with Crippen molar-refractivity contribution in [2.45, 2.75) is 40.0 Å². The van der Waals surface area contributed by atoms with Crippen LogP contribution in [0.25, 0.3) is 0 Å². The zero-order valence-electron chi connectivity index (χ0n) is 13.3. The summed E-state index contributed by atoms with van der Waals surface area (Å²) in [6.45, 7) is 8.85. The van der Waals surface area contributed by atoms with Gasteiger partial charge in [-0.25, -0.2) is 4.79 Å². The van der Waals surface area contributed by atoms with E-state index in [1.807, 2.05) is 6.07 Å². The second-order valence-corrected chi connectivity index (χ2v) is 6.50. The van der Waals surface area contributed by atoms with E-state index in [0.717, 1.165) is 25.2 Å². The summed E-state index contributed by atoms with van der Waals surface area (Å²) in [6, 6.07) is 5.48. The average molecular weight is 290 g/mol. The molecule has 0 radical (unpaired) electrons. The SMILES string of the molecule is CCOC(=O)c1ccc(N2CCCC(C)(C)CC2)c(N)c1. The zero-order valence-corrected chi connectivity index (χ0v) is 13.3. The third kappa shape index (κ3) is 3.90. The lowest BCUT2D eigenvalue weighted by Crippen LogP contribution is -2.26. The summed E-state index contributed by atoms with van der Waals surface area (Å²) in [5.74, 6) is -0.312. The van der Waals surface area contributed by atoms with Crippen LogP contribution in [0.4, 0.5) is 11.4 Å². The predicted octanol–water partition coefficient (Wildman–Crippen LogP) is 3.46. The predicted molar refractivity (Wildman–Crippen MR) is 86.7 cm³/mol. The minimum absolute atomic E-state index is 0.312. The van der Waals surface area contributed by atoms with Crippen LogP contribution >= 0.6 is 0 Å². The fourth-order valence-electron chi connectivity index (χ4n) is 2.85. The molecule has 0 aliphatic carbocycles. The number of carbonyl (C=O) groups is 1. The molecule has 0 bridgehead atoms. The van der Waals surface area contributed by atoms with Crippen molar-refractivity contribution in [2.75, 3.05) is 30.3 Å². The Labute approximate surface area is 127 Å². The molecule has 0 saturated carbocycles. The van der Waals surface area contributed by atoms with Crippen LogP contribution in [0, 0.1) is 5.41 Å². The highest BCUT2D eigenvalue weighted by Crippen LogP contribution is 2.33. The molecule has 1 aromatic rings. The van der Waals surface area contributed by atoms with E-state index in [1.165, 1.54) is 12.8 Å². The first kappa shape index (κ1) is 15.7. The Morgan fingerprint density at radius 1 is 1.33 bits per heavy atom. The number of esters is 1. The number of ether oxygens (including phenoxy) is 1. The van der Waals surface area contributed by atoms with Crippen molar-refractivity contribution in [1.29, 1.82) is 0 Å². The summed E-state index contributed by atoms with van der Waals surface area (Å²) in [5, 5.41) is 0. The molecule has 116 valence electrons. The molecule has 1 aliphatic rings. The van der Waals surface area contributed by atoms with E-state index < -0.39 is 0 Å². The Balaban J connectivity index is 2.15. The Kier molecular flexibility index (Phi) is 4.76. The second-order valence-electron chi connectivity index (χ2n) is 6.50. The number of anilines is 2. The van der Waals surface area contributed by atoms with Crippen molar-refractivity contribution < 1.29 is 9.53 Å². The minimum Gasteiger partial charge on any atom is -0.462 e. The maximum Gasteiger partial charge on any atom is 0.338 e. The van der Waals surface area contributed by atoms with E-state index in [0.29, 0.717) is 23.3 Å². The van der Waals surface area contributed by atoms with Crippen LogP contribution in [-0.4, -0.2) is 25.7 Å². The lowest BCUT2D eigenvalue weighted by Gasteiger charge is -2.26. The summed E-state index contributed by atoms with van der Waals surface area (Å²) in [6.07, 6.45) is 3.57. The number of nitrogens with zero attached hydrogens (tertiary/aromatic N) is 1. The number of hydrogen-bond donors (Lipinski definition) is 1. The van der Waals surface area contributed by atoms with Crippen molar-refractivity contribution in [1.82, 2.24) is 0 Å². The summed E-state index contributed by atoms with van der Waals surface area (Å²) in [7, 11) is 0. The van der Waals surface area contributed by atoms with Crippen LogP contribution in [0.1, 0.15) is 50.4 Å². The third-order valence-corrected chi connectivity index (χ3v) is 4.22. The molecule has 1 aromatic carbocycles. The Hall–Kier alpha value is -1.71. The zero-order chi connectivity index (χ0) is 15.5. The van der Waals surface area contributed by atoms with Gasteiger partial charge >= 0.3 is 5.97 Å². The summed E-state index contributed by atoms with van der Waals surface area (Å²) >= 11 is 0. The Morgan fingerprint density at radius 3 is 2.76 bits per heavy atom. The number of carbonyl (C=O) groups excluding carboxylic acids is 1. The Bertz CT molecular complexity index is 512. The summed E-state index contributed by atoms with van der Waals surface area (Å²) < 4.78 is 5.01. The van der Waals surface area contributed by atoms with Crippen molar-refractivity contribution in [2.24, 2.45) is 5.41 Å². The third-order valence-electron chi connectivity index (χ3n) is 4.22. The van der Waals surface area contributed by atoms with Gasteiger partial charge in [-0.3, -0.25) is 0 Å². The standard InChI is InChI=1S/C17H26N2O2/c1-4-21-16(20)13-6-7-15(14(18)12-13)19-10-5-8-17(2,3)9-11-19/h6-7,12H,4-5,8-11,18H2,1-3H3. The number of nitrogen functional groups attached to an aromatic ring is 1. The fourth-order valence-corrected chi connectivity index (χ4v) is 2.85. The molecule has 0 atom stereocenters. The van der Waals surface area contributed by atoms with Gasteiger partial charge in [-0.1, -0.05) is 13.8 Å². The summed E-state index contributed by atoms with van der Waals surface area (Å²) in [5.41, 5.74) is 8.76. The van der Waals surface area contributed by atoms with Gasteiger partial charge in [0.25, 0.3) is 0 Å². The van der Waals surface area contributed by atoms with Crippen molar-refractivity contribution in [3.05, 3.63) is 23.8 Å². The molecule has 21 heavy (non-hydrogen) atoms. The maximum absolute atomic E-state index is 11.7. The number of benzene rings is 1. The van der Waals surface area contributed by atoms with Crippen LogP contribution in [-0.2, 0) is 4.74 Å². The van der Waals surface area contributed by atoms with E-state index in [4.69, 9.17) is 10.5 Å². The topological polar surface area (TPSA) is 55.6 Å². The Morgan fingerprint density at radius 2 is 2.10 bits per heavy atom. The molecule has 0 amide bonds. The molecule has 1 aliphatic heterocycles. The lowest BCUT2D eigenvalue weighted by molar-refractivity contribution is 0.0526. The average Bonchev–Trinajstić information content (AvgIpc) is 2.60. The van der Waals surface area contributed by atoms with Gasteiger partial charge in [0, 0.05) is 13.1 Å². The number of nitrogens with two attached hydrogens (primary N) is 1. The lowest BCUT2D eigenvalue weighted by atomic mass is 9.85. The normalized spacial score (nSPS) is 18.1. The highest BCUT2D eigenvalue weighted by Gasteiger charge is 2.24. The molecule has 1 heterocycles. The molecule has 2 rings (SSSR count). The van der Waals surface area contributed by atoms with Gasteiger partial charge < -0.3 is 15.4 Å². The molecule has 4 nitrogen and oxygen atoms in total. The second kappa shape index (κ2) is 6.37. The van der Waals surface area contributed by atoms with Gasteiger partial charge in [0.15, 0.2) is 0 Å². The van der Waals surface area contributed by atoms with Crippen molar-refractivity contribution in [3.8, 4) is 0 Å². The first-order valence-corrected chi connectivity index (χ1v) is 7.74. The van der Waals surface area contributed by atoms with Gasteiger partial charge in [0.2, 0.25) is 0 Å². The van der Waals surface area contributed by atoms with Crippen LogP contribution in [0.3, 0.4) is 0 Å². The molecule has 2 N–H and O–H groups in total. The molecule has 1 fully saturated rings. The molecule has 1 saturated heterocycles. The minimum atomic E-state index is -0.312. The van der Waals surface area contributed by atoms with Gasteiger partial charge in [0.05, 0.1) is 23.5 Å². The van der Waals surface area contributed by atoms with Crippen LogP contribution in [0.5, 0.6) is 0 Å². The van der Waals surface area contributed by atoms with Crippen LogP contribution in [0.15, 0.2) is 18.2 Å². The molecule has 4 heteroatoms. The molecule has 0 aromatic heterocycles. The van der Waals surface area contributed by atoms with Crippen LogP contribution in [0.2, 0.25) is 0 Å². The van der Waals surface area contributed by atoms with E-state index in [9.17, 15) is 4.79 Å². The summed E-state index contributed by atoms with van der Waals surface area (Å²) in [4.78, 5) is 14.1. The number of rotatable bonds is 3. The number of hydrogen-bond acceptors (Lipinski definition) is 4. The van der Waals surface area contributed by atoms with Crippen molar-refractivity contribution >= 4 is 17.3 Å². The van der Waals surface area contributed by atoms with Gasteiger partial charge in [-0.05, 0) is 49.8 Å². The van der Waals surface area contributed by atoms with Gasteiger partial charge in [-0.2, -0.15) is 0 Å².